The van der Waals surface area contributed by atoms with E-state index in [1.165, 1.54) is 24.2 Å². The van der Waals surface area contributed by atoms with E-state index in [1.54, 1.807) is 30.3 Å². The smallest absolute Gasteiger partial charge is 0.182 e. The van der Waals surface area contributed by atoms with E-state index in [9.17, 15) is 9.50 Å². The zero-order valence-electron chi connectivity index (χ0n) is 20.1. The highest BCUT2D eigenvalue weighted by atomic mass is 32.2. The molecule has 186 valence electrons. The van der Waals surface area contributed by atoms with E-state index in [2.05, 4.69) is 18.7 Å². The van der Waals surface area contributed by atoms with Crippen LogP contribution in [0.5, 0.6) is 23.0 Å². The van der Waals surface area contributed by atoms with Crippen LogP contribution in [-0.4, -0.2) is 46.6 Å². The van der Waals surface area contributed by atoms with E-state index in [4.69, 9.17) is 14.6 Å². The third kappa shape index (κ3) is 6.61. The van der Waals surface area contributed by atoms with Gasteiger partial charge in [-0.3, -0.25) is 4.90 Å². The molecule has 0 amide bonds. The lowest BCUT2D eigenvalue weighted by Gasteiger charge is -2.26. The number of ether oxygens (including phenoxy) is 2. The second-order valence-electron chi connectivity index (χ2n) is 9.10. The van der Waals surface area contributed by atoms with Gasteiger partial charge in [-0.2, -0.15) is 0 Å². The number of thioether (sulfide) groups is 1. The maximum atomic E-state index is 14.0. The van der Waals surface area contributed by atoms with Crippen LogP contribution in [0.25, 0.3) is 0 Å². The topological polar surface area (TPSA) is 62.2 Å². The lowest BCUT2D eigenvalue weighted by molar-refractivity contribution is 0.169. The summed E-state index contributed by atoms with van der Waals surface area (Å²) in [6, 6.07) is 20.0. The van der Waals surface area contributed by atoms with Gasteiger partial charge in [0.05, 0.1) is 4.90 Å². The Morgan fingerprint density at radius 3 is 2.46 bits per heavy atom. The highest BCUT2D eigenvalue weighted by molar-refractivity contribution is 7.99. The van der Waals surface area contributed by atoms with Crippen LogP contribution in [0, 0.1) is 11.7 Å². The molecule has 1 fully saturated rings. The number of para-hydroxylation sites is 1. The third-order valence-corrected chi connectivity index (χ3v) is 7.41. The van der Waals surface area contributed by atoms with Crippen molar-refractivity contribution in [3.05, 3.63) is 78.1 Å². The standard InChI is InChI=1S/C22H26FNO3S.C6H6O/c1-14-9-10-24(11-14)15(2)12-26-17-5-3-16(4-6-17)20-13-28-22-19(27-20)8-7-18(25)21(22)23;7-6-4-2-1-3-5-6/h3-8,14-15,20,25H,9-13H2,1-2H3;1-5,7H/t14?,15-,20+;/m0./s1. The Morgan fingerprint density at radius 1 is 1.09 bits per heavy atom. The van der Waals surface area contributed by atoms with Crippen molar-refractivity contribution in [2.45, 2.75) is 37.3 Å². The van der Waals surface area contributed by atoms with E-state index in [0.717, 1.165) is 30.3 Å². The number of aromatic hydroxyl groups is 2. The van der Waals surface area contributed by atoms with Crippen LogP contribution in [0.3, 0.4) is 0 Å². The summed E-state index contributed by atoms with van der Waals surface area (Å²) in [4.78, 5) is 2.86. The van der Waals surface area contributed by atoms with Gasteiger partial charge in [0.2, 0.25) is 0 Å². The normalized spacial score (nSPS) is 20.2. The van der Waals surface area contributed by atoms with Crippen LogP contribution < -0.4 is 9.47 Å². The van der Waals surface area contributed by atoms with Crippen molar-refractivity contribution in [3.8, 4) is 23.0 Å². The first-order chi connectivity index (χ1) is 16.9. The van der Waals surface area contributed by atoms with E-state index < -0.39 is 5.82 Å². The Labute approximate surface area is 210 Å². The molecule has 7 heteroatoms. The average molecular weight is 498 g/mol. The molecule has 3 atom stereocenters. The van der Waals surface area contributed by atoms with E-state index in [0.29, 0.717) is 34.8 Å². The predicted molar refractivity (Wildman–Crippen MR) is 137 cm³/mol. The minimum absolute atomic E-state index is 0.152. The molecular formula is C28H32FNO4S. The van der Waals surface area contributed by atoms with Crippen molar-refractivity contribution in [3.63, 3.8) is 0 Å². The fourth-order valence-corrected chi connectivity index (χ4v) is 5.23. The number of fused-ring (bicyclic) bond motifs is 1. The zero-order chi connectivity index (χ0) is 24.8. The molecule has 0 saturated carbocycles. The molecule has 2 N–H and O–H groups in total. The van der Waals surface area contributed by atoms with E-state index >= 15 is 0 Å². The van der Waals surface area contributed by atoms with Crippen molar-refractivity contribution in [1.29, 1.82) is 0 Å². The first-order valence-electron chi connectivity index (χ1n) is 11.9. The number of rotatable bonds is 5. The summed E-state index contributed by atoms with van der Waals surface area (Å²) in [5.41, 5.74) is 1.03. The zero-order valence-corrected chi connectivity index (χ0v) is 20.9. The molecule has 1 unspecified atom stereocenters. The molecule has 35 heavy (non-hydrogen) atoms. The van der Waals surface area contributed by atoms with E-state index in [-0.39, 0.29) is 11.9 Å². The largest absolute Gasteiger partial charge is 0.508 e. The van der Waals surface area contributed by atoms with Crippen LogP contribution in [0.2, 0.25) is 0 Å². The van der Waals surface area contributed by atoms with Gasteiger partial charge in [0, 0.05) is 18.3 Å². The van der Waals surface area contributed by atoms with Gasteiger partial charge in [-0.05, 0) is 67.8 Å². The SMILES string of the molecule is CC1CCN([C@@H](C)COc2ccc([C@H]3CSc4c(ccc(O)c4F)O3)cc2)C1.Oc1ccccc1. The summed E-state index contributed by atoms with van der Waals surface area (Å²) in [5.74, 6) is 2.07. The van der Waals surface area contributed by atoms with Crippen molar-refractivity contribution in [2.24, 2.45) is 5.92 Å². The molecule has 3 aromatic carbocycles. The van der Waals surface area contributed by atoms with Crippen molar-refractivity contribution < 1.29 is 24.1 Å². The molecule has 5 rings (SSSR count). The highest BCUT2D eigenvalue weighted by Crippen LogP contribution is 2.44. The number of phenols is 2. The van der Waals surface area contributed by atoms with Gasteiger partial charge >= 0.3 is 0 Å². The highest BCUT2D eigenvalue weighted by Gasteiger charge is 2.26. The Bertz CT molecular complexity index is 1100. The van der Waals surface area contributed by atoms with E-state index in [1.807, 2.05) is 30.3 Å². The number of nitrogens with zero attached hydrogens (tertiary/aromatic N) is 1. The number of halogens is 1. The Kier molecular flexibility index (Phi) is 8.42. The van der Waals surface area contributed by atoms with Crippen LogP contribution in [0.4, 0.5) is 4.39 Å². The fourth-order valence-electron chi connectivity index (χ4n) is 4.16. The molecule has 0 radical (unpaired) electrons. The first-order valence-corrected chi connectivity index (χ1v) is 12.9. The summed E-state index contributed by atoms with van der Waals surface area (Å²) in [7, 11) is 0. The molecule has 2 aliphatic rings. The second kappa shape index (κ2) is 11.7. The number of phenolic OH excluding ortho intramolecular Hbond substituents is 2. The molecule has 1 saturated heterocycles. The quantitative estimate of drug-likeness (QED) is 0.434. The van der Waals surface area contributed by atoms with Gasteiger partial charge < -0.3 is 19.7 Å². The molecule has 0 aromatic heterocycles. The Morgan fingerprint density at radius 2 is 1.83 bits per heavy atom. The summed E-state index contributed by atoms with van der Waals surface area (Å²) in [5, 5.41) is 18.1. The van der Waals surface area contributed by atoms with Crippen molar-refractivity contribution >= 4 is 11.8 Å². The average Bonchev–Trinajstić information content (AvgIpc) is 3.32. The van der Waals surface area contributed by atoms with Crippen LogP contribution in [-0.2, 0) is 0 Å². The summed E-state index contributed by atoms with van der Waals surface area (Å²) in [6.07, 6.45) is 1.12. The van der Waals surface area contributed by atoms with Crippen LogP contribution in [0.1, 0.15) is 31.9 Å². The molecule has 2 heterocycles. The van der Waals surface area contributed by atoms with Gasteiger partial charge in [-0.1, -0.05) is 37.3 Å². The lowest BCUT2D eigenvalue weighted by atomic mass is 10.1. The first kappa shape index (κ1) is 25.2. The summed E-state index contributed by atoms with van der Waals surface area (Å²) >= 11 is 1.37. The van der Waals surface area contributed by atoms with Gasteiger partial charge in [-0.25, -0.2) is 4.39 Å². The van der Waals surface area contributed by atoms with Gasteiger partial charge in [0.25, 0.3) is 0 Å². The number of benzene rings is 3. The molecule has 0 aliphatic carbocycles. The van der Waals surface area contributed by atoms with Crippen molar-refractivity contribution in [2.75, 3.05) is 25.4 Å². The Balaban J connectivity index is 0.000000356. The Hall–Kier alpha value is -2.90. The second-order valence-corrected chi connectivity index (χ2v) is 10.1. The molecule has 3 aromatic rings. The molecular weight excluding hydrogens is 465 g/mol. The molecule has 5 nitrogen and oxygen atoms in total. The maximum Gasteiger partial charge on any atom is 0.182 e. The number of likely N-dealkylation sites (tertiary alicyclic amines) is 1. The predicted octanol–water partition coefficient (Wildman–Crippen LogP) is 6.26. The minimum Gasteiger partial charge on any atom is -0.508 e. The number of hydrogen-bond acceptors (Lipinski definition) is 6. The lowest BCUT2D eigenvalue weighted by Crippen LogP contribution is -2.35. The maximum absolute atomic E-state index is 14.0. The van der Waals surface area contributed by atoms with Gasteiger partial charge in [0.1, 0.15) is 30.0 Å². The summed E-state index contributed by atoms with van der Waals surface area (Å²) < 4.78 is 25.9. The van der Waals surface area contributed by atoms with Crippen LogP contribution >= 0.6 is 11.8 Å². The van der Waals surface area contributed by atoms with Crippen molar-refractivity contribution in [1.82, 2.24) is 4.90 Å². The fraction of sp³-hybridized carbons (Fsp3) is 0.357. The minimum atomic E-state index is -0.605. The summed E-state index contributed by atoms with van der Waals surface area (Å²) in [6.45, 7) is 7.50. The van der Waals surface area contributed by atoms with Gasteiger partial charge in [0.15, 0.2) is 11.6 Å². The van der Waals surface area contributed by atoms with Crippen LogP contribution in [0.15, 0.2) is 71.6 Å². The molecule has 0 spiro atoms. The molecule has 2 aliphatic heterocycles. The molecule has 0 bridgehead atoms. The third-order valence-electron chi connectivity index (χ3n) is 6.27. The monoisotopic (exact) mass is 497 g/mol. The number of hydrogen-bond donors (Lipinski definition) is 2. The van der Waals surface area contributed by atoms with Gasteiger partial charge in [-0.15, -0.1) is 11.8 Å².